The normalized spacial score (nSPS) is 11.1. The topological polar surface area (TPSA) is 124 Å². The van der Waals surface area contributed by atoms with Crippen molar-refractivity contribution in [3.8, 4) is 0 Å². The number of nitrogens with zero attached hydrogens (tertiary/aromatic N) is 1. The van der Waals surface area contributed by atoms with Gasteiger partial charge in [0.25, 0.3) is 11.8 Å². The van der Waals surface area contributed by atoms with Crippen LogP contribution in [0.1, 0.15) is 104 Å². The van der Waals surface area contributed by atoms with Crippen LogP contribution in [-0.4, -0.2) is 40.9 Å². The van der Waals surface area contributed by atoms with E-state index >= 15 is 0 Å². The van der Waals surface area contributed by atoms with E-state index in [1.54, 1.807) is 33.8 Å². The zero-order valence-corrected chi connectivity index (χ0v) is 25.6. The van der Waals surface area contributed by atoms with Gasteiger partial charge in [-0.05, 0) is 77.6 Å². The summed E-state index contributed by atoms with van der Waals surface area (Å²) in [5, 5.41) is 6.30. The fraction of sp³-hybridized carbons (Fsp3) is 0.414. The monoisotopic (exact) mass is 585 g/mol. The Morgan fingerprint density at radius 1 is 0.750 bits per heavy atom. The Bertz CT molecular complexity index is 1330. The van der Waals surface area contributed by atoms with Crippen molar-refractivity contribution in [3.63, 3.8) is 0 Å². The van der Waals surface area contributed by atoms with Gasteiger partial charge in [0.05, 0.1) is 23.3 Å². The lowest BCUT2D eigenvalue weighted by Crippen LogP contribution is -2.20. The van der Waals surface area contributed by atoms with E-state index in [4.69, 9.17) is 9.47 Å². The van der Waals surface area contributed by atoms with Crippen LogP contribution in [0.15, 0.2) is 18.2 Å². The number of esters is 2. The number of anilines is 2. The first kappa shape index (κ1) is 31.0. The van der Waals surface area contributed by atoms with Crippen LogP contribution in [0.4, 0.5) is 10.0 Å². The quantitative estimate of drug-likeness (QED) is 0.258. The SMILES string of the molecule is CCc1c(C)sc(NC(=O)c2cccc(C(=O)Nc3sc(C)c(CC)c3C(=O)OC(C)C)n2)c1C(=O)OC(C)C. The third-order valence-corrected chi connectivity index (χ3v) is 8.01. The first-order valence-electron chi connectivity index (χ1n) is 13.1. The lowest BCUT2D eigenvalue weighted by molar-refractivity contribution is 0.0367. The van der Waals surface area contributed by atoms with Crippen molar-refractivity contribution in [2.75, 3.05) is 10.6 Å². The lowest BCUT2D eigenvalue weighted by Gasteiger charge is -2.12. The van der Waals surface area contributed by atoms with Crippen molar-refractivity contribution in [3.05, 3.63) is 61.6 Å². The van der Waals surface area contributed by atoms with E-state index in [0.29, 0.717) is 34.0 Å². The van der Waals surface area contributed by atoms with Crippen molar-refractivity contribution in [2.24, 2.45) is 0 Å². The van der Waals surface area contributed by atoms with Gasteiger partial charge in [-0.15, -0.1) is 22.7 Å². The van der Waals surface area contributed by atoms with Crippen LogP contribution in [0.25, 0.3) is 0 Å². The summed E-state index contributed by atoms with van der Waals surface area (Å²) in [6, 6.07) is 4.51. The molecule has 0 aliphatic carbocycles. The zero-order valence-electron chi connectivity index (χ0n) is 24.0. The second-order valence-electron chi connectivity index (χ2n) is 9.61. The first-order chi connectivity index (χ1) is 18.9. The van der Waals surface area contributed by atoms with Crippen LogP contribution in [-0.2, 0) is 22.3 Å². The van der Waals surface area contributed by atoms with E-state index in [1.165, 1.54) is 34.8 Å². The third kappa shape index (κ3) is 6.95. The van der Waals surface area contributed by atoms with Crippen LogP contribution in [0.5, 0.6) is 0 Å². The van der Waals surface area contributed by atoms with E-state index in [-0.39, 0.29) is 23.6 Å². The van der Waals surface area contributed by atoms with Crippen LogP contribution in [0.2, 0.25) is 0 Å². The molecule has 0 aliphatic rings. The van der Waals surface area contributed by atoms with Gasteiger partial charge in [-0.1, -0.05) is 19.9 Å². The molecule has 0 bridgehead atoms. The minimum atomic E-state index is -0.571. The maximum absolute atomic E-state index is 13.2. The van der Waals surface area contributed by atoms with Gasteiger partial charge in [0.1, 0.15) is 21.4 Å². The number of carbonyl (C=O) groups excluding carboxylic acids is 4. The summed E-state index contributed by atoms with van der Waals surface area (Å²) in [6.45, 7) is 14.7. The third-order valence-electron chi connectivity index (χ3n) is 5.89. The molecule has 0 fully saturated rings. The molecular formula is C29H35N3O6S2. The van der Waals surface area contributed by atoms with Gasteiger partial charge in [-0.3, -0.25) is 9.59 Å². The van der Waals surface area contributed by atoms with Gasteiger partial charge in [-0.2, -0.15) is 0 Å². The minimum Gasteiger partial charge on any atom is -0.459 e. The Hall–Kier alpha value is -3.57. The van der Waals surface area contributed by atoms with Crippen molar-refractivity contribution in [1.29, 1.82) is 0 Å². The van der Waals surface area contributed by atoms with E-state index < -0.39 is 23.8 Å². The number of aryl methyl sites for hydroxylation is 2. The summed E-state index contributed by atoms with van der Waals surface area (Å²) >= 11 is 2.58. The van der Waals surface area contributed by atoms with Crippen LogP contribution >= 0.6 is 22.7 Å². The second kappa shape index (κ2) is 13.2. The second-order valence-corrected chi connectivity index (χ2v) is 12.1. The van der Waals surface area contributed by atoms with Crippen molar-refractivity contribution in [2.45, 2.75) is 80.4 Å². The molecule has 0 aromatic carbocycles. The number of nitrogens with one attached hydrogen (secondary N) is 2. The summed E-state index contributed by atoms with van der Waals surface area (Å²) in [5.74, 6) is -2.15. The number of rotatable bonds is 10. The maximum Gasteiger partial charge on any atom is 0.341 e. The number of hydrogen-bond acceptors (Lipinski definition) is 9. The molecule has 3 heterocycles. The first-order valence-corrected chi connectivity index (χ1v) is 14.8. The zero-order chi connectivity index (χ0) is 29.7. The van der Waals surface area contributed by atoms with Gasteiger partial charge >= 0.3 is 11.9 Å². The number of thiophene rings is 2. The highest BCUT2D eigenvalue weighted by molar-refractivity contribution is 7.17. The number of carbonyl (C=O) groups is 4. The minimum absolute atomic E-state index is 0.00373. The molecule has 0 saturated carbocycles. The fourth-order valence-electron chi connectivity index (χ4n) is 4.18. The highest BCUT2D eigenvalue weighted by atomic mass is 32.1. The average molecular weight is 586 g/mol. The predicted molar refractivity (Wildman–Crippen MR) is 158 cm³/mol. The Labute approximate surface area is 242 Å². The summed E-state index contributed by atoms with van der Waals surface area (Å²) in [5.41, 5.74) is 2.29. The molecule has 11 heteroatoms. The molecule has 0 atom stereocenters. The van der Waals surface area contributed by atoms with Crippen molar-refractivity contribution < 1.29 is 28.7 Å². The molecule has 0 saturated heterocycles. The highest BCUT2D eigenvalue weighted by Crippen LogP contribution is 2.36. The van der Waals surface area contributed by atoms with Gasteiger partial charge in [0.2, 0.25) is 0 Å². The molecule has 3 aromatic heterocycles. The van der Waals surface area contributed by atoms with Crippen LogP contribution < -0.4 is 10.6 Å². The van der Waals surface area contributed by atoms with E-state index in [2.05, 4.69) is 15.6 Å². The van der Waals surface area contributed by atoms with E-state index in [1.807, 2.05) is 27.7 Å². The molecule has 0 aliphatic heterocycles. The summed E-state index contributed by atoms with van der Waals surface area (Å²) in [4.78, 5) is 58.1. The average Bonchev–Trinajstić information content (AvgIpc) is 3.37. The van der Waals surface area contributed by atoms with Gasteiger partial charge in [0, 0.05) is 9.75 Å². The Balaban J connectivity index is 1.87. The Morgan fingerprint density at radius 3 is 1.45 bits per heavy atom. The predicted octanol–water partition coefficient (Wildman–Crippen LogP) is 6.58. The van der Waals surface area contributed by atoms with E-state index in [9.17, 15) is 19.2 Å². The number of aromatic nitrogens is 1. The fourth-order valence-corrected chi connectivity index (χ4v) is 6.44. The molecule has 0 unspecified atom stereocenters. The number of pyridine rings is 1. The molecule has 0 spiro atoms. The summed E-state index contributed by atoms with van der Waals surface area (Å²) in [6.07, 6.45) is 0.573. The summed E-state index contributed by atoms with van der Waals surface area (Å²) < 4.78 is 10.8. The molecule has 3 rings (SSSR count). The molecule has 214 valence electrons. The Morgan fingerprint density at radius 2 is 1.12 bits per heavy atom. The number of hydrogen-bond donors (Lipinski definition) is 2. The Kier molecular flexibility index (Phi) is 10.2. The number of amides is 2. The highest BCUT2D eigenvalue weighted by Gasteiger charge is 2.27. The summed E-state index contributed by atoms with van der Waals surface area (Å²) in [7, 11) is 0. The number of ether oxygens (including phenoxy) is 2. The molecule has 9 nitrogen and oxygen atoms in total. The molecular weight excluding hydrogens is 550 g/mol. The maximum atomic E-state index is 13.2. The standard InChI is InChI=1S/C29H35N3O6S2/c1-9-18-16(7)39-26(22(18)28(35)37-14(3)4)31-24(33)20-12-11-13-21(30-20)25(34)32-27-23(29(36)38-15(5)6)19(10-2)17(8)40-27/h11-15H,9-10H2,1-8H3,(H,31,33)(H,32,34). The van der Waals surface area contributed by atoms with Gasteiger partial charge < -0.3 is 20.1 Å². The van der Waals surface area contributed by atoms with Crippen molar-refractivity contribution in [1.82, 2.24) is 4.98 Å². The lowest BCUT2D eigenvalue weighted by atomic mass is 10.1. The van der Waals surface area contributed by atoms with Crippen LogP contribution in [0.3, 0.4) is 0 Å². The molecule has 2 N–H and O–H groups in total. The van der Waals surface area contributed by atoms with Crippen molar-refractivity contribution >= 4 is 56.4 Å². The molecule has 0 radical (unpaired) electrons. The van der Waals surface area contributed by atoms with Gasteiger partial charge in [-0.25, -0.2) is 14.6 Å². The van der Waals surface area contributed by atoms with Crippen LogP contribution in [0, 0.1) is 13.8 Å². The smallest absolute Gasteiger partial charge is 0.341 e. The van der Waals surface area contributed by atoms with Gasteiger partial charge in [0.15, 0.2) is 0 Å². The largest absolute Gasteiger partial charge is 0.459 e. The molecule has 40 heavy (non-hydrogen) atoms. The van der Waals surface area contributed by atoms with E-state index in [0.717, 1.165) is 20.9 Å². The molecule has 2 amide bonds. The molecule has 3 aromatic rings.